The summed E-state index contributed by atoms with van der Waals surface area (Å²) in [5.74, 6) is 0.526. The summed E-state index contributed by atoms with van der Waals surface area (Å²) in [6.07, 6.45) is 0.409. The van der Waals surface area contributed by atoms with Crippen LogP contribution in [0.2, 0.25) is 0 Å². The van der Waals surface area contributed by atoms with Gasteiger partial charge in [-0.3, -0.25) is 4.79 Å². The van der Waals surface area contributed by atoms with Gasteiger partial charge in [0.15, 0.2) is 0 Å². The Hall–Kier alpha value is -2.09. The van der Waals surface area contributed by atoms with Crippen molar-refractivity contribution in [2.24, 2.45) is 0 Å². The van der Waals surface area contributed by atoms with Gasteiger partial charge in [0.05, 0.1) is 6.42 Å². The van der Waals surface area contributed by atoms with Crippen molar-refractivity contribution in [2.75, 3.05) is 5.32 Å². The van der Waals surface area contributed by atoms with Crippen molar-refractivity contribution in [3.63, 3.8) is 0 Å². The van der Waals surface area contributed by atoms with Gasteiger partial charge in [0.2, 0.25) is 5.91 Å². The van der Waals surface area contributed by atoms with Gasteiger partial charge in [0.25, 0.3) is 0 Å². The number of aryl methyl sites for hydroxylation is 1. The first-order chi connectivity index (χ1) is 9.54. The van der Waals surface area contributed by atoms with Gasteiger partial charge in [-0.2, -0.15) is 0 Å². The average molecular weight is 267 g/mol. The highest BCUT2D eigenvalue weighted by Crippen LogP contribution is 2.17. The van der Waals surface area contributed by atoms with Crippen LogP contribution in [0.25, 0.3) is 0 Å². The summed E-state index contributed by atoms with van der Waals surface area (Å²) in [6.45, 7) is 6.36. The minimum absolute atomic E-state index is 0.0196. The Morgan fingerprint density at radius 1 is 1.00 bits per heavy atom. The summed E-state index contributed by atoms with van der Waals surface area (Å²) < 4.78 is 0. The highest BCUT2D eigenvalue weighted by molar-refractivity contribution is 5.92. The molecule has 0 aliphatic rings. The molecule has 20 heavy (non-hydrogen) atoms. The number of nitrogens with one attached hydrogen (secondary N) is 1. The Labute approximate surface area is 120 Å². The Kier molecular flexibility index (Phi) is 4.57. The van der Waals surface area contributed by atoms with Gasteiger partial charge in [-0.25, -0.2) is 0 Å². The number of hydrogen-bond donors (Lipinski definition) is 1. The SMILES string of the molecule is Cc1ccc(CC(=O)Nc2ccc(C(C)C)cc2)cc1. The standard InChI is InChI=1S/C18H21NO/c1-13(2)16-8-10-17(11-9-16)19-18(20)12-15-6-4-14(3)5-7-15/h4-11,13H,12H2,1-3H3,(H,19,20). The lowest BCUT2D eigenvalue weighted by Gasteiger charge is -2.08. The molecule has 0 aliphatic heterocycles. The Balaban J connectivity index is 1.95. The van der Waals surface area contributed by atoms with E-state index < -0.39 is 0 Å². The van der Waals surface area contributed by atoms with E-state index in [1.165, 1.54) is 11.1 Å². The van der Waals surface area contributed by atoms with Gasteiger partial charge in [0, 0.05) is 5.69 Å². The molecule has 0 spiro atoms. The fourth-order valence-corrected chi connectivity index (χ4v) is 2.05. The summed E-state index contributed by atoms with van der Waals surface area (Å²) in [6, 6.07) is 16.1. The lowest BCUT2D eigenvalue weighted by Crippen LogP contribution is -2.14. The van der Waals surface area contributed by atoms with Gasteiger partial charge in [-0.05, 0) is 36.1 Å². The van der Waals surface area contributed by atoms with E-state index in [2.05, 4.69) is 31.3 Å². The number of carbonyl (C=O) groups is 1. The van der Waals surface area contributed by atoms with Crippen LogP contribution in [0.4, 0.5) is 5.69 Å². The zero-order valence-corrected chi connectivity index (χ0v) is 12.3. The zero-order valence-electron chi connectivity index (χ0n) is 12.3. The highest BCUT2D eigenvalue weighted by atomic mass is 16.1. The predicted molar refractivity (Wildman–Crippen MR) is 84.0 cm³/mol. The van der Waals surface area contributed by atoms with Crippen molar-refractivity contribution in [1.82, 2.24) is 0 Å². The lowest BCUT2D eigenvalue weighted by molar-refractivity contribution is -0.115. The van der Waals surface area contributed by atoms with E-state index in [1.54, 1.807) is 0 Å². The molecule has 0 aromatic heterocycles. The van der Waals surface area contributed by atoms with Crippen molar-refractivity contribution >= 4 is 11.6 Å². The molecule has 0 saturated carbocycles. The maximum atomic E-state index is 12.0. The quantitative estimate of drug-likeness (QED) is 0.879. The minimum atomic E-state index is 0.0196. The molecule has 2 aromatic rings. The lowest BCUT2D eigenvalue weighted by atomic mass is 10.0. The van der Waals surface area contributed by atoms with Crippen molar-refractivity contribution in [3.8, 4) is 0 Å². The third-order valence-corrected chi connectivity index (χ3v) is 3.35. The molecular weight excluding hydrogens is 246 g/mol. The monoisotopic (exact) mass is 267 g/mol. The van der Waals surface area contributed by atoms with Crippen molar-refractivity contribution < 1.29 is 4.79 Å². The Bertz CT molecular complexity index is 567. The second-order valence-corrected chi connectivity index (χ2v) is 5.49. The van der Waals surface area contributed by atoms with E-state index in [-0.39, 0.29) is 5.91 Å². The van der Waals surface area contributed by atoms with Gasteiger partial charge < -0.3 is 5.32 Å². The van der Waals surface area contributed by atoms with Crippen molar-refractivity contribution in [3.05, 3.63) is 65.2 Å². The molecule has 0 radical (unpaired) electrons. The molecule has 0 fully saturated rings. The van der Waals surface area contributed by atoms with E-state index in [0.717, 1.165) is 11.3 Å². The summed E-state index contributed by atoms with van der Waals surface area (Å²) in [5, 5.41) is 2.93. The normalized spacial score (nSPS) is 10.6. The number of anilines is 1. The first-order valence-corrected chi connectivity index (χ1v) is 7.00. The first-order valence-electron chi connectivity index (χ1n) is 7.00. The zero-order chi connectivity index (χ0) is 14.5. The second kappa shape index (κ2) is 6.38. The van der Waals surface area contributed by atoms with Crippen molar-refractivity contribution in [2.45, 2.75) is 33.1 Å². The van der Waals surface area contributed by atoms with Crippen LogP contribution in [0.5, 0.6) is 0 Å². The van der Waals surface area contributed by atoms with Gasteiger partial charge in [-0.15, -0.1) is 0 Å². The molecule has 1 amide bonds. The largest absolute Gasteiger partial charge is 0.326 e. The third kappa shape index (κ3) is 3.95. The van der Waals surface area contributed by atoms with Crippen molar-refractivity contribution in [1.29, 1.82) is 0 Å². The molecule has 0 unspecified atom stereocenters. The molecule has 0 saturated heterocycles. The van der Waals surface area contributed by atoms with Crippen LogP contribution in [-0.4, -0.2) is 5.91 Å². The van der Waals surface area contributed by atoms with Gasteiger partial charge >= 0.3 is 0 Å². The summed E-state index contributed by atoms with van der Waals surface area (Å²) in [7, 11) is 0. The molecule has 1 N–H and O–H groups in total. The molecule has 2 rings (SSSR count). The second-order valence-electron chi connectivity index (χ2n) is 5.49. The fourth-order valence-electron chi connectivity index (χ4n) is 2.05. The van der Waals surface area contributed by atoms with Crippen LogP contribution < -0.4 is 5.32 Å². The minimum Gasteiger partial charge on any atom is -0.326 e. The summed E-state index contributed by atoms with van der Waals surface area (Å²) in [4.78, 5) is 12.0. The Morgan fingerprint density at radius 3 is 2.15 bits per heavy atom. The molecule has 2 nitrogen and oxygen atoms in total. The van der Waals surface area contributed by atoms with E-state index in [9.17, 15) is 4.79 Å². The average Bonchev–Trinajstić information content (AvgIpc) is 2.42. The van der Waals surface area contributed by atoms with E-state index in [0.29, 0.717) is 12.3 Å². The van der Waals surface area contributed by atoms with Gasteiger partial charge in [-0.1, -0.05) is 55.8 Å². The van der Waals surface area contributed by atoms with Crippen LogP contribution in [-0.2, 0) is 11.2 Å². The van der Waals surface area contributed by atoms with Gasteiger partial charge in [0.1, 0.15) is 0 Å². The molecule has 104 valence electrons. The maximum absolute atomic E-state index is 12.0. The fraction of sp³-hybridized carbons (Fsp3) is 0.278. The van der Waals surface area contributed by atoms with Crippen LogP contribution >= 0.6 is 0 Å². The summed E-state index contributed by atoms with van der Waals surface area (Å²) >= 11 is 0. The maximum Gasteiger partial charge on any atom is 0.228 e. The molecule has 0 bridgehead atoms. The molecule has 0 atom stereocenters. The summed E-state index contributed by atoms with van der Waals surface area (Å²) in [5.41, 5.74) is 4.37. The van der Waals surface area contributed by atoms with E-state index in [4.69, 9.17) is 0 Å². The van der Waals surface area contributed by atoms with Crippen LogP contribution in [0.1, 0.15) is 36.5 Å². The smallest absolute Gasteiger partial charge is 0.228 e. The molecule has 0 heterocycles. The number of carbonyl (C=O) groups excluding carboxylic acids is 1. The number of hydrogen-bond acceptors (Lipinski definition) is 1. The molecule has 0 aliphatic carbocycles. The molecule has 2 heteroatoms. The predicted octanol–water partition coefficient (Wildman–Crippen LogP) is 4.30. The Morgan fingerprint density at radius 2 is 1.60 bits per heavy atom. The number of benzene rings is 2. The number of rotatable bonds is 4. The first kappa shape index (κ1) is 14.3. The highest BCUT2D eigenvalue weighted by Gasteiger charge is 2.05. The van der Waals surface area contributed by atoms with Crippen LogP contribution in [0.3, 0.4) is 0 Å². The topological polar surface area (TPSA) is 29.1 Å². The van der Waals surface area contributed by atoms with E-state index in [1.807, 2.05) is 43.3 Å². The number of amides is 1. The molecule has 2 aromatic carbocycles. The molecular formula is C18H21NO. The van der Waals surface area contributed by atoms with Crippen LogP contribution in [0, 0.1) is 6.92 Å². The van der Waals surface area contributed by atoms with Crippen LogP contribution in [0.15, 0.2) is 48.5 Å². The third-order valence-electron chi connectivity index (χ3n) is 3.35. The van der Waals surface area contributed by atoms with E-state index >= 15 is 0 Å².